The lowest BCUT2D eigenvalue weighted by Crippen LogP contribution is -2.17. The van der Waals surface area contributed by atoms with Gasteiger partial charge < -0.3 is 4.57 Å². The van der Waals surface area contributed by atoms with Crippen molar-refractivity contribution in [3.63, 3.8) is 0 Å². The molecule has 3 aromatic rings. The van der Waals surface area contributed by atoms with E-state index in [4.69, 9.17) is 0 Å². The molecule has 4 rings (SSSR count). The van der Waals surface area contributed by atoms with Crippen LogP contribution in [0.1, 0.15) is 25.3 Å². The lowest BCUT2D eigenvalue weighted by molar-refractivity contribution is 0.316. The molecule has 0 radical (unpaired) electrons. The van der Waals surface area contributed by atoms with E-state index in [1.165, 1.54) is 30.2 Å². The molecule has 0 unspecified atom stereocenters. The van der Waals surface area contributed by atoms with E-state index < -0.39 is 0 Å². The van der Waals surface area contributed by atoms with Crippen molar-refractivity contribution in [1.29, 1.82) is 0 Å². The van der Waals surface area contributed by atoms with Crippen molar-refractivity contribution in [1.82, 2.24) is 14.5 Å². The average molecular weight is 249 g/mol. The van der Waals surface area contributed by atoms with Crippen LogP contribution >= 0.6 is 0 Å². The molecule has 1 aliphatic carbocycles. The van der Waals surface area contributed by atoms with Crippen molar-refractivity contribution >= 4 is 10.9 Å². The van der Waals surface area contributed by atoms with Gasteiger partial charge in [0.05, 0.1) is 5.52 Å². The molecule has 3 nitrogen and oxygen atoms in total. The Morgan fingerprint density at radius 1 is 1.00 bits per heavy atom. The highest BCUT2D eigenvalue weighted by molar-refractivity contribution is 5.92. The normalized spacial score (nSPS) is 15.6. The van der Waals surface area contributed by atoms with Gasteiger partial charge in [-0.2, -0.15) is 0 Å². The Hall–Kier alpha value is -2.16. The van der Waals surface area contributed by atoms with Crippen molar-refractivity contribution in [2.24, 2.45) is 0 Å². The van der Waals surface area contributed by atoms with Gasteiger partial charge in [-0.05, 0) is 31.4 Å². The quantitative estimate of drug-likeness (QED) is 0.691. The number of aromatic nitrogens is 3. The first-order valence-corrected chi connectivity index (χ1v) is 6.80. The van der Waals surface area contributed by atoms with Crippen molar-refractivity contribution in [3.8, 4) is 11.4 Å². The molecular formula is C16H15N3. The molecule has 0 bridgehead atoms. The molecule has 0 aliphatic heterocycles. The lowest BCUT2D eigenvalue weighted by Gasteiger charge is -2.28. The van der Waals surface area contributed by atoms with Crippen LogP contribution in [0.2, 0.25) is 0 Å². The molecular weight excluding hydrogens is 234 g/mol. The molecule has 3 heteroatoms. The van der Waals surface area contributed by atoms with Gasteiger partial charge in [-0.1, -0.05) is 18.2 Å². The van der Waals surface area contributed by atoms with E-state index in [2.05, 4.69) is 45.0 Å². The van der Waals surface area contributed by atoms with E-state index in [1.54, 1.807) is 0 Å². The number of nitrogens with zero attached hydrogens (tertiary/aromatic N) is 3. The first-order chi connectivity index (χ1) is 9.43. The number of pyridine rings is 1. The smallest absolute Gasteiger partial charge is 0.140 e. The summed E-state index contributed by atoms with van der Waals surface area (Å²) in [5.74, 6) is 1.07. The van der Waals surface area contributed by atoms with Crippen LogP contribution in [0.25, 0.3) is 22.3 Å². The summed E-state index contributed by atoms with van der Waals surface area (Å²) in [6.45, 7) is 0. The minimum atomic E-state index is 0.629. The molecule has 0 saturated heterocycles. The fourth-order valence-corrected chi connectivity index (χ4v) is 2.78. The van der Waals surface area contributed by atoms with Crippen LogP contribution in [0, 0.1) is 0 Å². The van der Waals surface area contributed by atoms with Crippen molar-refractivity contribution in [3.05, 3.63) is 48.9 Å². The van der Waals surface area contributed by atoms with Crippen LogP contribution in [-0.4, -0.2) is 14.5 Å². The van der Waals surface area contributed by atoms with E-state index >= 15 is 0 Å². The zero-order chi connectivity index (χ0) is 12.7. The van der Waals surface area contributed by atoms with Crippen molar-refractivity contribution < 1.29 is 0 Å². The standard InChI is InChI=1S/C16H15N3/c1-4-12(5-1)19-11-10-18-16(19)14-6-2-8-15-13(14)7-3-9-17-15/h2-3,6-12H,1,4-5H2. The molecule has 0 atom stereocenters. The molecule has 0 amide bonds. The minimum Gasteiger partial charge on any atom is -0.328 e. The summed E-state index contributed by atoms with van der Waals surface area (Å²) in [5.41, 5.74) is 2.21. The van der Waals surface area contributed by atoms with Crippen LogP contribution in [0.15, 0.2) is 48.9 Å². The van der Waals surface area contributed by atoms with Crippen molar-refractivity contribution in [2.45, 2.75) is 25.3 Å². The third-order valence-corrected chi connectivity index (χ3v) is 4.02. The highest BCUT2D eigenvalue weighted by atomic mass is 15.1. The Balaban J connectivity index is 1.93. The Bertz CT molecular complexity index is 720. The number of benzene rings is 1. The molecule has 1 fully saturated rings. The average Bonchev–Trinajstić information content (AvgIpc) is 2.85. The summed E-state index contributed by atoms with van der Waals surface area (Å²) >= 11 is 0. The molecule has 0 N–H and O–H groups in total. The van der Waals surface area contributed by atoms with Gasteiger partial charge >= 0.3 is 0 Å². The summed E-state index contributed by atoms with van der Waals surface area (Å²) in [6.07, 6.45) is 9.72. The van der Waals surface area contributed by atoms with Gasteiger partial charge in [0.2, 0.25) is 0 Å². The molecule has 0 spiro atoms. The monoisotopic (exact) mass is 249 g/mol. The maximum Gasteiger partial charge on any atom is 0.140 e. The first-order valence-electron chi connectivity index (χ1n) is 6.80. The Kier molecular flexibility index (Phi) is 2.37. The molecule has 2 aromatic heterocycles. The summed E-state index contributed by atoms with van der Waals surface area (Å²) < 4.78 is 2.32. The SMILES string of the molecule is c1cc(-c2nccn2C2CCC2)c2cccnc2c1. The summed E-state index contributed by atoms with van der Waals surface area (Å²) in [5, 5.41) is 1.18. The topological polar surface area (TPSA) is 30.7 Å². The number of imidazole rings is 1. The molecule has 19 heavy (non-hydrogen) atoms. The van der Waals surface area contributed by atoms with Crippen LogP contribution < -0.4 is 0 Å². The zero-order valence-electron chi connectivity index (χ0n) is 10.7. The number of hydrogen-bond donors (Lipinski definition) is 0. The highest BCUT2D eigenvalue weighted by Crippen LogP contribution is 2.36. The van der Waals surface area contributed by atoms with Gasteiger partial charge in [0, 0.05) is 35.6 Å². The Morgan fingerprint density at radius 2 is 1.95 bits per heavy atom. The van der Waals surface area contributed by atoms with E-state index in [9.17, 15) is 0 Å². The van der Waals surface area contributed by atoms with Crippen LogP contribution in [0.4, 0.5) is 0 Å². The van der Waals surface area contributed by atoms with Gasteiger partial charge in [0.25, 0.3) is 0 Å². The van der Waals surface area contributed by atoms with Gasteiger partial charge in [-0.25, -0.2) is 4.98 Å². The van der Waals surface area contributed by atoms with Crippen LogP contribution in [0.5, 0.6) is 0 Å². The van der Waals surface area contributed by atoms with E-state index in [-0.39, 0.29) is 0 Å². The molecule has 2 heterocycles. The lowest BCUT2D eigenvalue weighted by atomic mass is 9.92. The second kappa shape index (κ2) is 4.19. The Labute approximate surface area is 111 Å². The van der Waals surface area contributed by atoms with Gasteiger partial charge in [-0.3, -0.25) is 4.98 Å². The minimum absolute atomic E-state index is 0.629. The number of rotatable bonds is 2. The molecule has 1 aliphatic rings. The summed E-state index contributed by atoms with van der Waals surface area (Å²) in [6, 6.07) is 11.0. The third-order valence-electron chi connectivity index (χ3n) is 4.02. The van der Waals surface area contributed by atoms with Crippen molar-refractivity contribution in [2.75, 3.05) is 0 Å². The van der Waals surface area contributed by atoms with Gasteiger partial charge in [0.1, 0.15) is 5.82 Å². The number of fused-ring (bicyclic) bond motifs is 1. The van der Waals surface area contributed by atoms with Crippen LogP contribution in [0.3, 0.4) is 0 Å². The van der Waals surface area contributed by atoms with E-state index in [0.717, 1.165) is 11.3 Å². The predicted molar refractivity (Wildman–Crippen MR) is 75.9 cm³/mol. The fraction of sp³-hybridized carbons (Fsp3) is 0.250. The first kappa shape index (κ1) is 10.7. The van der Waals surface area contributed by atoms with Gasteiger partial charge in [0.15, 0.2) is 0 Å². The highest BCUT2D eigenvalue weighted by Gasteiger charge is 2.22. The summed E-state index contributed by atoms with van der Waals surface area (Å²) in [4.78, 5) is 9.00. The van der Waals surface area contributed by atoms with Crippen LogP contribution in [-0.2, 0) is 0 Å². The second-order valence-electron chi connectivity index (χ2n) is 5.12. The predicted octanol–water partition coefficient (Wildman–Crippen LogP) is 3.82. The van der Waals surface area contributed by atoms with E-state index in [0.29, 0.717) is 6.04 Å². The molecule has 1 aromatic carbocycles. The third kappa shape index (κ3) is 1.65. The zero-order valence-corrected chi connectivity index (χ0v) is 10.7. The van der Waals surface area contributed by atoms with E-state index in [1.807, 2.05) is 18.5 Å². The molecule has 94 valence electrons. The largest absolute Gasteiger partial charge is 0.328 e. The van der Waals surface area contributed by atoms with Gasteiger partial charge in [-0.15, -0.1) is 0 Å². The number of hydrogen-bond acceptors (Lipinski definition) is 2. The maximum atomic E-state index is 4.57. The molecule has 1 saturated carbocycles. The Morgan fingerprint density at radius 3 is 2.79 bits per heavy atom. The second-order valence-corrected chi connectivity index (χ2v) is 5.12. The summed E-state index contributed by atoms with van der Waals surface area (Å²) in [7, 11) is 0. The fourth-order valence-electron chi connectivity index (χ4n) is 2.78. The maximum absolute atomic E-state index is 4.57.